The molecule has 0 bridgehead atoms. The zero-order valence-electron chi connectivity index (χ0n) is 34.0. The van der Waals surface area contributed by atoms with E-state index in [2.05, 4.69) is 182 Å². The molecular weight excluding hydrogens is 736 g/mol. The van der Waals surface area contributed by atoms with Crippen molar-refractivity contribution in [2.24, 2.45) is 0 Å². The molecule has 0 radical (unpaired) electrons. The number of rotatable bonds is 6. The van der Waals surface area contributed by atoms with Gasteiger partial charge < -0.3 is 19.4 Å². The van der Waals surface area contributed by atoms with Crippen LogP contribution in [-0.2, 0) is 13.1 Å². The van der Waals surface area contributed by atoms with E-state index in [9.17, 15) is 0 Å². The minimum Gasteiger partial charge on any atom is -0.331 e. The monoisotopic (exact) mass is 790 g/mol. The lowest BCUT2D eigenvalue weighted by Gasteiger charge is -2.39. The number of benzene rings is 4. The first-order valence-electron chi connectivity index (χ1n) is 20.6. The van der Waals surface area contributed by atoms with E-state index in [4.69, 9.17) is 0 Å². The Balaban J connectivity index is 0.000000159. The van der Waals surface area contributed by atoms with Gasteiger partial charge in [-0.25, -0.2) is 9.97 Å². The molecule has 9 heteroatoms. The molecule has 2 atom stereocenters. The second kappa shape index (κ2) is 17.8. The highest BCUT2D eigenvalue weighted by Crippen LogP contribution is 2.42. The fraction of sp³-hybridized carbons (Fsp3) is 0.306. The quantitative estimate of drug-likeness (QED) is 0.184. The Morgan fingerprint density at radius 2 is 0.948 bits per heavy atom. The van der Waals surface area contributed by atoms with E-state index < -0.39 is 0 Å². The third-order valence-corrected chi connectivity index (χ3v) is 12.4. The molecule has 0 amide bonds. The molecule has 2 aliphatic carbocycles. The van der Waals surface area contributed by atoms with Crippen LogP contribution >= 0.6 is 12.4 Å². The van der Waals surface area contributed by atoms with Crippen LogP contribution in [0.5, 0.6) is 0 Å². The molecule has 0 saturated carbocycles. The topological polar surface area (TPSA) is 57.4 Å². The van der Waals surface area contributed by atoms with E-state index >= 15 is 0 Å². The van der Waals surface area contributed by atoms with Crippen LogP contribution in [-0.4, -0.2) is 93.2 Å². The molecular formula is C49H55ClN8. The molecule has 8 nitrogen and oxygen atoms in total. The van der Waals surface area contributed by atoms with Crippen LogP contribution in [0, 0.1) is 13.8 Å². The van der Waals surface area contributed by atoms with Gasteiger partial charge in [0.05, 0.1) is 12.1 Å². The summed E-state index contributed by atoms with van der Waals surface area (Å²) in [6.45, 7) is 14.5. The van der Waals surface area contributed by atoms with Crippen molar-refractivity contribution < 1.29 is 0 Å². The van der Waals surface area contributed by atoms with E-state index in [-0.39, 0.29) is 12.4 Å². The first-order chi connectivity index (χ1) is 28.0. The number of imidazole rings is 2. The van der Waals surface area contributed by atoms with Gasteiger partial charge in [-0.1, -0.05) is 97.1 Å². The van der Waals surface area contributed by atoms with Gasteiger partial charge >= 0.3 is 0 Å². The maximum absolute atomic E-state index is 4.42. The Hall–Kier alpha value is -5.09. The smallest absolute Gasteiger partial charge is 0.105 e. The molecule has 58 heavy (non-hydrogen) atoms. The zero-order chi connectivity index (χ0) is 38.7. The van der Waals surface area contributed by atoms with Crippen molar-refractivity contribution >= 4 is 35.7 Å². The van der Waals surface area contributed by atoms with Crippen LogP contribution in [0.1, 0.15) is 68.2 Å². The zero-order valence-corrected chi connectivity index (χ0v) is 34.8. The van der Waals surface area contributed by atoms with Crippen LogP contribution in [0.4, 0.5) is 0 Å². The van der Waals surface area contributed by atoms with Crippen molar-refractivity contribution in [3.63, 3.8) is 0 Å². The van der Waals surface area contributed by atoms with Gasteiger partial charge in [-0.2, -0.15) is 0 Å². The van der Waals surface area contributed by atoms with Crippen LogP contribution in [0.3, 0.4) is 0 Å². The van der Waals surface area contributed by atoms with Crippen molar-refractivity contribution in [2.45, 2.75) is 39.0 Å². The number of allylic oxidation sites excluding steroid dienone is 2. The summed E-state index contributed by atoms with van der Waals surface area (Å²) in [5.41, 5.74) is 13.7. The Morgan fingerprint density at radius 1 is 0.534 bits per heavy atom. The van der Waals surface area contributed by atoms with Crippen LogP contribution in [0.15, 0.2) is 122 Å². The van der Waals surface area contributed by atoms with Gasteiger partial charge in [-0.3, -0.25) is 9.80 Å². The predicted molar refractivity (Wildman–Crippen MR) is 240 cm³/mol. The summed E-state index contributed by atoms with van der Waals surface area (Å²) in [5, 5.41) is 3.50. The van der Waals surface area contributed by atoms with E-state index in [1.54, 1.807) is 0 Å². The number of aromatic nitrogens is 4. The Morgan fingerprint density at radius 3 is 1.40 bits per heavy atom. The summed E-state index contributed by atoms with van der Waals surface area (Å²) in [6.07, 6.45) is 12.7. The Bertz CT molecular complexity index is 2390. The highest BCUT2D eigenvalue weighted by atomic mass is 35.5. The second-order valence-corrected chi connectivity index (χ2v) is 15.9. The molecule has 4 aromatic carbocycles. The normalized spacial score (nSPS) is 19.4. The standard InChI is InChI=1S/C25H28N4.C24H26N4.ClH/c1-19-26-11-12-29(19)18-21-17-20-7-3-4-9-23(20)25(24-10-6-5-8-22(21)24)28-15-13-27(2)14-16-28;1-18-26-12-15-28(18)17-20-16-19-6-2-3-8-22(19)24(27-13-10-25-11-14-27)23-9-5-4-7-21(20)23;/h3-12,17,25H,13-16,18H2,1-2H3;2-9,12,15-16,24-25H,10-11,13-14,17H2,1H3;1H. The first kappa shape index (κ1) is 39.7. The summed E-state index contributed by atoms with van der Waals surface area (Å²) in [7, 11) is 2.22. The van der Waals surface area contributed by atoms with Crippen molar-refractivity contribution in [1.29, 1.82) is 0 Å². The maximum Gasteiger partial charge on any atom is 0.105 e. The molecule has 2 unspecified atom stereocenters. The number of halogens is 1. The molecule has 2 aromatic heterocycles. The van der Waals surface area contributed by atoms with Gasteiger partial charge in [0.2, 0.25) is 0 Å². The van der Waals surface area contributed by atoms with E-state index in [1.165, 1.54) is 55.7 Å². The van der Waals surface area contributed by atoms with Crippen LogP contribution in [0.2, 0.25) is 0 Å². The lowest BCUT2D eigenvalue weighted by atomic mass is 9.91. The molecule has 4 aliphatic rings. The molecule has 4 heterocycles. The number of hydrogen-bond donors (Lipinski definition) is 1. The van der Waals surface area contributed by atoms with Crippen molar-refractivity contribution in [2.75, 3.05) is 59.4 Å². The van der Waals surface area contributed by atoms with E-state index in [0.29, 0.717) is 12.1 Å². The van der Waals surface area contributed by atoms with Gasteiger partial charge in [0, 0.05) is 90.2 Å². The molecule has 298 valence electrons. The lowest BCUT2D eigenvalue weighted by molar-refractivity contribution is 0.127. The molecule has 2 saturated heterocycles. The highest BCUT2D eigenvalue weighted by molar-refractivity contribution is 5.87. The SMILES string of the molecule is Cc1nccn1CC1=Cc2ccccc2C(N2CCN(C)CC2)c2ccccc21.Cc1nccn1CC1=Cc2ccccc2C(N2CCNCC2)c2ccccc21.Cl. The molecule has 0 spiro atoms. The number of piperazine rings is 2. The Labute approximate surface area is 350 Å². The first-order valence-corrected chi connectivity index (χ1v) is 20.6. The fourth-order valence-corrected chi connectivity index (χ4v) is 9.28. The Kier molecular flexibility index (Phi) is 12.2. The number of nitrogens with one attached hydrogen (secondary N) is 1. The minimum absolute atomic E-state index is 0. The average molecular weight is 791 g/mol. The van der Waals surface area contributed by atoms with Gasteiger partial charge in [0.25, 0.3) is 0 Å². The molecule has 6 aromatic rings. The fourth-order valence-electron chi connectivity index (χ4n) is 9.28. The van der Waals surface area contributed by atoms with Crippen LogP contribution in [0.25, 0.3) is 23.3 Å². The van der Waals surface area contributed by atoms with E-state index in [1.807, 2.05) is 12.4 Å². The van der Waals surface area contributed by atoms with Gasteiger partial charge in [-0.05, 0) is 88.7 Å². The summed E-state index contributed by atoms with van der Waals surface area (Å²) in [6, 6.07) is 36.4. The van der Waals surface area contributed by atoms with E-state index in [0.717, 1.165) is 77.1 Å². The molecule has 10 rings (SSSR count). The van der Waals surface area contributed by atoms with Crippen molar-refractivity contribution in [3.05, 3.63) is 178 Å². The summed E-state index contributed by atoms with van der Waals surface area (Å²) >= 11 is 0. The number of nitrogens with zero attached hydrogens (tertiary/aromatic N) is 7. The predicted octanol–water partition coefficient (Wildman–Crippen LogP) is 8.24. The van der Waals surface area contributed by atoms with Crippen molar-refractivity contribution in [1.82, 2.24) is 39.1 Å². The number of likely N-dealkylation sites (N-methyl/N-ethyl adjacent to an activating group) is 1. The third kappa shape index (κ3) is 8.13. The largest absolute Gasteiger partial charge is 0.331 e. The number of fused-ring (bicyclic) bond motifs is 4. The molecule has 1 N–H and O–H groups in total. The number of aryl methyl sites for hydroxylation is 2. The average Bonchev–Trinajstić information content (AvgIpc) is 3.78. The third-order valence-electron chi connectivity index (χ3n) is 12.4. The summed E-state index contributed by atoms with van der Waals surface area (Å²) in [4.78, 5) is 16.6. The van der Waals surface area contributed by atoms with Crippen LogP contribution < -0.4 is 5.32 Å². The highest BCUT2D eigenvalue weighted by Gasteiger charge is 2.32. The molecule has 2 fully saturated rings. The molecule has 2 aliphatic heterocycles. The lowest BCUT2D eigenvalue weighted by Crippen LogP contribution is -2.46. The minimum atomic E-state index is 0. The van der Waals surface area contributed by atoms with Gasteiger partial charge in [0.1, 0.15) is 11.6 Å². The summed E-state index contributed by atoms with van der Waals surface area (Å²) < 4.78 is 4.47. The van der Waals surface area contributed by atoms with Crippen molar-refractivity contribution in [3.8, 4) is 0 Å². The number of hydrogen-bond acceptors (Lipinski definition) is 6. The van der Waals surface area contributed by atoms with Gasteiger partial charge in [0.15, 0.2) is 0 Å². The summed E-state index contributed by atoms with van der Waals surface area (Å²) in [5.74, 6) is 2.10. The maximum atomic E-state index is 4.42. The van der Waals surface area contributed by atoms with Gasteiger partial charge in [-0.15, -0.1) is 12.4 Å². The second-order valence-electron chi connectivity index (χ2n) is 15.9.